The van der Waals surface area contributed by atoms with Gasteiger partial charge in [0.25, 0.3) is 0 Å². The van der Waals surface area contributed by atoms with E-state index in [2.05, 4.69) is 49.4 Å². The Balaban J connectivity index is 1.79. The van der Waals surface area contributed by atoms with Crippen molar-refractivity contribution in [1.29, 1.82) is 0 Å². The SMILES string of the molecule is CC(CCc1ccccc1)C1CC=CCC1. The zero-order chi connectivity index (χ0) is 11.2. The highest BCUT2D eigenvalue weighted by atomic mass is 14.2. The third-order valence-electron chi connectivity index (χ3n) is 3.85. The Morgan fingerprint density at radius 1 is 1.19 bits per heavy atom. The fourth-order valence-electron chi connectivity index (χ4n) is 2.61. The molecule has 2 unspecified atom stereocenters. The zero-order valence-corrected chi connectivity index (χ0v) is 10.2. The van der Waals surface area contributed by atoms with E-state index in [-0.39, 0.29) is 0 Å². The fraction of sp³-hybridized carbons (Fsp3) is 0.500. The van der Waals surface area contributed by atoms with Crippen LogP contribution in [0.3, 0.4) is 0 Å². The number of allylic oxidation sites excluding steroid dienone is 2. The van der Waals surface area contributed by atoms with Crippen molar-refractivity contribution in [1.82, 2.24) is 0 Å². The quantitative estimate of drug-likeness (QED) is 0.642. The first kappa shape index (κ1) is 11.4. The first-order valence-corrected chi connectivity index (χ1v) is 6.55. The molecule has 1 aliphatic carbocycles. The Kier molecular flexibility index (Phi) is 4.21. The van der Waals surface area contributed by atoms with Gasteiger partial charge in [0.1, 0.15) is 0 Å². The van der Waals surface area contributed by atoms with Crippen molar-refractivity contribution >= 4 is 0 Å². The summed E-state index contributed by atoms with van der Waals surface area (Å²) in [6.07, 6.45) is 11.3. The van der Waals surface area contributed by atoms with Crippen molar-refractivity contribution in [2.75, 3.05) is 0 Å². The van der Waals surface area contributed by atoms with E-state index in [1.165, 1.54) is 37.7 Å². The molecule has 0 N–H and O–H groups in total. The van der Waals surface area contributed by atoms with Gasteiger partial charge in [-0.15, -0.1) is 0 Å². The van der Waals surface area contributed by atoms with E-state index in [1.54, 1.807) is 0 Å². The highest BCUT2D eigenvalue weighted by Gasteiger charge is 2.17. The number of benzene rings is 1. The minimum Gasteiger partial charge on any atom is -0.0885 e. The van der Waals surface area contributed by atoms with E-state index >= 15 is 0 Å². The number of aryl methyl sites for hydroxylation is 1. The molecular formula is C16H22. The molecule has 1 aromatic rings. The topological polar surface area (TPSA) is 0 Å². The van der Waals surface area contributed by atoms with Crippen molar-refractivity contribution in [3.63, 3.8) is 0 Å². The van der Waals surface area contributed by atoms with Crippen LogP contribution in [0.2, 0.25) is 0 Å². The van der Waals surface area contributed by atoms with Crippen LogP contribution in [0, 0.1) is 11.8 Å². The molecular weight excluding hydrogens is 192 g/mol. The molecule has 0 aromatic heterocycles. The van der Waals surface area contributed by atoms with Crippen molar-refractivity contribution in [3.8, 4) is 0 Å². The maximum absolute atomic E-state index is 2.42. The first-order valence-electron chi connectivity index (χ1n) is 6.55. The number of hydrogen-bond acceptors (Lipinski definition) is 0. The van der Waals surface area contributed by atoms with E-state index in [0.717, 1.165) is 11.8 Å². The summed E-state index contributed by atoms with van der Waals surface area (Å²) in [6, 6.07) is 10.9. The molecule has 0 saturated heterocycles. The van der Waals surface area contributed by atoms with Gasteiger partial charge < -0.3 is 0 Å². The van der Waals surface area contributed by atoms with Crippen molar-refractivity contribution in [2.24, 2.45) is 11.8 Å². The molecule has 1 aromatic carbocycles. The highest BCUT2D eigenvalue weighted by Crippen LogP contribution is 2.28. The van der Waals surface area contributed by atoms with Crippen molar-refractivity contribution in [2.45, 2.75) is 39.0 Å². The van der Waals surface area contributed by atoms with E-state index in [4.69, 9.17) is 0 Å². The normalized spacial score (nSPS) is 21.9. The van der Waals surface area contributed by atoms with Crippen LogP contribution in [0.5, 0.6) is 0 Å². The Bertz CT molecular complexity index is 323. The third kappa shape index (κ3) is 3.23. The summed E-state index contributed by atoms with van der Waals surface area (Å²) in [7, 11) is 0. The predicted octanol–water partition coefficient (Wildman–Crippen LogP) is 4.61. The molecule has 0 bridgehead atoms. The maximum atomic E-state index is 2.42. The van der Waals surface area contributed by atoms with Gasteiger partial charge in [0.05, 0.1) is 0 Å². The fourth-order valence-corrected chi connectivity index (χ4v) is 2.61. The van der Waals surface area contributed by atoms with E-state index in [1.807, 2.05) is 0 Å². The van der Waals surface area contributed by atoms with Crippen LogP contribution >= 0.6 is 0 Å². The number of rotatable bonds is 4. The lowest BCUT2D eigenvalue weighted by Gasteiger charge is -2.24. The average molecular weight is 214 g/mol. The first-order chi connectivity index (χ1) is 7.86. The third-order valence-corrected chi connectivity index (χ3v) is 3.85. The summed E-state index contributed by atoms with van der Waals surface area (Å²) >= 11 is 0. The summed E-state index contributed by atoms with van der Waals surface area (Å²) in [5.41, 5.74) is 1.49. The number of hydrogen-bond donors (Lipinski definition) is 0. The minimum atomic E-state index is 0.866. The molecule has 86 valence electrons. The Hall–Kier alpha value is -1.04. The monoisotopic (exact) mass is 214 g/mol. The molecule has 1 aliphatic rings. The minimum absolute atomic E-state index is 0.866. The second kappa shape index (κ2) is 5.89. The van der Waals surface area contributed by atoms with E-state index < -0.39 is 0 Å². The molecule has 0 heteroatoms. The zero-order valence-electron chi connectivity index (χ0n) is 10.2. The van der Waals surface area contributed by atoms with Gasteiger partial charge in [0.2, 0.25) is 0 Å². The van der Waals surface area contributed by atoms with Crippen LogP contribution in [-0.4, -0.2) is 0 Å². The summed E-state index contributed by atoms with van der Waals surface area (Å²) in [4.78, 5) is 0. The lowest BCUT2D eigenvalue weighted by molar-refractivity contribution is 0.314. The largest absolute Gasteiger partial charge is 0.0885 e. The van der Waals surface area contributed by atoms with Crippen LogP contribution in [0.25, 0.3) is 0 Å². The van der Waals surface area contributed by atoms with Gasteiger partial charge in [-0.3, -0.25) is 0 Å². The van der Waals surface area contributed by atoms with Gasteiger partial charge in [-0.1, -0.05) is 49.4 Å². The van der Waals surface area contributed by atoms with E-state index in [9.17, 15) is 0 Å². The average Bonchev–Trinajstić information content (AvgIpc) is 2.38. The molecule has 16 heavy (non-hydrogen) atoms. The molecule has 0 saturated carbocycles. The Morgan fingerprint density at radius 3 is 2.69 bits per heavy atom. The summed E-state index contributed by atoms with van der Waals surface area (Å²) in [6.45, 7) is 2.42. The maximum Gasteiger partial charge on any atom is -0.0276 e. The lowest BCUT2D eigenvalue weighted by Crippen LogP contribution is -2.13. The molecule has 2 atom stereocenters. The van der Waals surface area contributed by atoms with Crippen LogP contribution in [0.15, 0.2) is 42.5 Å². The van der Waals surface area contributed by atoms with Gasteiger partial charge in [0.15, 0.2) is 0 Å². The second-order valence-electron chi connectivity index (χ2n) is 5.05. The molecule has 0 heterocycles. The van der Waals surface area contributed by atoms with Crippen LogP contribution in [0.4, 0.5) is 0 Å². The van der Waals surface area contributed by atoms with Crippen LogP contribution in [-0.2, 0) is 6.42 Å². The summed E-state index contributed by atoms with van der Waals surface area (Å²) in [5.74, 6) is 1.79. The van der Waals surface area contributed by atoms with Gasteiger partial charge in [-0.2, -0.15) is 0 Å². The second-order valence-corrected chi connectivity index (χ2v) is 5.05. The van der Waals surface area contributed by atoms with Crippen LogP contribution < -0.4 is 0 Å². The molecule has 0 nitrogen and oxygen atoms in total. The molecule has 0 aliphatic heterocycles. The molecule has 0 radical (unpaired) electrons. The molecule has 0 amide bonds. The van der Waals surface area contributed by atoms with Gasteiger partial charge in [-0.25, -0.2) is 0 Å². The predicted molar refractivity (Wildman–Crippen MR) is 70.4 cm³/mol. The van der Waals surface area contributed by atoms with E-state index in [0.29, 0.717) is 0 Å². The molecule has 0 spiro atoms. The lowest BCUT2D eigenvalue weighted by atomic mass is 9.81. The smallest absolute Gasteiger partial charge is 0.0276 e. The Morgan fingerprint density at radius 2 is 2.00 bits per heavy atom. The van der Waals surface area contributed by atoms with Crippen molar-refractivity contribution < 1.29 is 0 Å². The van der Waals surface area contributed by atoms with Gasteiger partial charge in [-0.05, 0) is 49.5 Å². The van der Waals surface area contributed by atoms with Gasteiger partial charge >= 0.3 is 0 Å². The highest BCUT2D eigenvalue weighted by molar-refractivity contribution is 5.14. The van der Waals surface area contributed by atoms with Gasteiger partial charge in [0, 0.05) is 0 Å². The molecule has 2 rings (SSSR count). The summed E-state index contributed by atoms with van der Waals surface area (Å²) in [5, 5.41) is 0. The molecule has 0 fully saturated rings. The standard InChI is InChI=1S/C16H22/c1-14(16-10-6-3-7-11-16)12-13-15-8-4-2-5-9-15/h2-6,8-9,14,16H,7,10-13H2,1H3. The Labute approximate surface area is 99.4 Å². The van der Waals surface area contributed by atoms with Crippen molar-refractivity contribution in [3.05, 3.63) is 48.0 Å². The summed E-state index contributed by atoms with van der Waals surface area (Å²) < 4.78 is 0. The van der Waals surface area contributed by atoms with Crippen LogP contribution in [0.1, 0.15) is 38.2 Å².